The Bertz CT molecular complexity index is 1390. The molecule has 0 saturated carbocycles. The minimum atomic E-state index is -0.807. The van der Waals surface area contributed by atoms with Crippen LogP contribution >= 0.6 is 23.6 Å². The first-order valence-electron chi connectivity index (χ1n) is 11.6. The number of aromatic amines is 1. The van der Waals surface area contributed by atoms with Gasteiger partial charge in [-0.15, -0.1) is 5.10 Å². The smallest absolute Gasteiger partial charge is 0.407 e. The number of ether oxygens (including phenoxy) is 1. The molecular weight excluding hydrogens is 492 g/mol. The molecule has 1 aliphatic carbocycles. The molecule has 7 nitrogen and oxygen atoms in total. The molecule has 0 radical (unpaired) electrons. The van der Waals surface area contributed by atoms with Gasteiger partial charge in [-0.25, -0.2) is 4.79 Å². The fourth-order valence-corrected chi connectivity index (χ4v) is 5.27. The number of anilines is 1. The molecule has 1 aromatic heterocycles. The molecule has 0 saturated heterocycles. The van der Waals surface area contributed by atoms with Crippen LogP contribution in [-0.4, -0.2) is 34.8 Å². The van der Waals surface area contributed by atoms with Gasteiger partial charge in [-0.2, -0.15) is 0 Å². The molecule has 4 aromatic rings. The molecule has 36 heavy (non-hydrogen) atoms. The van der Waals surface area contributed by atoms with E-state index in [0.717, 1.165) is 39.2 Å². The summed E-state index contributed by atoms with van der Waals surface area (Å²) in [5.41, 5.74) is 5.64. The van der Waals surface area contributed by atoms with Crippen LogP contribution in [0.2, 0.25) is 0 Å². The van der Waals surface area contributed by atoms with Crippen LogP contribution < -0.4 is 10.6 Å². The largest absolute Gasteiger partial charge is 0.449 e. The van der Waals surface area contributed by atoms with Crippen molar-refractivity contribution < 1.29 is 14.3 Å². The van der Waals surface area contributed by atoms with Gasteiger partial charge in [0.2, 0.25) is 11.0 Å². The molecule has 1 heterocycles. The Morgan fingerprint density at radius 3 is 2.25 bits per heavy atom. The molecule has 182 valence electrons. The summed E-state index contributed by atoms with van der Waals surface area (Å²) in [5, 5.41) is 12.4. The highest BCUT2D eigenvalue weighted by Gasteiger charge is 2.30. The van der Waals surface area contributed by atoms with Crippen molar-refractivity contribution in [1.82, 2.24) is 15.5 Å². The number of fused-ring (bicyclic) bond motifs is 3. The zero-order valence-electron chi connectivity index (χ0n) is 19.3. The van der Waals surface area contributed by atoms with Gasteiger partial charge in [-0.1, -0.05) is 90.2 Å². The van der Waals surface area contributed by atoms with Crippen LogP contribution in [-0.2, 0) is 16.0 Å². The summed E-state index contributed by atoms with van der Waals surface area (Å²) < 4.78 is 6.12. The highest BCUT2D eigenvalue weighted by Crippen LogP contribution is 2.44. The third-order valence-electron chi connectivity index (χ3n) is 6.18. The van der Waals surface area contributed by atoms with E-state index in [1.165, 1.54) is 0 Å². The summed E-state index contributed by atoms with van der Waals surface area (Å²) in [5.74, 6) is -0.437. The fourth-order valence-electron chi connectivity index (χ4n) is 4.48. The Morgan fingerprint density at radius 2 is 1.61 bits per heavy atom. The molecular formula is C27H24N4O3S2. The molecule has 0 spiro atoms. The van der Waals surface area contributed by atoms with E-state index < -0.39 is 12.1 Å². The van der Waals surface area contributed by atoms with Crippen molar-refractivity contribution in [2.24, 2.45) is 0 Å². The van der Waals surface area contributed by atoms with Crippen molar-refractivity contribution in [3.05, 3.63) is 99.5 Å². The van der Waals surface area contributed by atoms with Crippen molar-refractivity contribution in [3.8, 4) is 11.1 Å². The monoisotopic (exact) mass is 516 g/mol. The summed E-state index contributed by atoms with van der Waals surface area (Å²) in [6, 6.07) is 25.3. The normalized spacial score (nSPS) is 12.9. The molecule has 3 N–H and O–H groups in total. The Hall–Kier alpha value is -3.82. The number of aromatic nitrogens is 2. The number of H-pyrrole nitrogens is 1. The molecule has 9 heteroatoms. The first kappa shape index (κ1) is 23.9. The van der Waals surface area contributed by atoms with Gasteiger partial charge in [0.05, 0.1) is 0 Å². The average molecular weight is 517 g/mol. The quantitative estimate of drug-likeness (QED) is 0.262. The van der Waals surface area contributed by atoms with Crippen LogP contribution in [0.3, 0.4) is 0 Å². The van der Waals surface area contributed by atoms with Crippen LogP contribution in [0.4, 0.5) is 9.93 Å². The van der Waals surface area contributed by atoms with Crippen LogP contribution in [0.25, 0.3) is 11.1 Å². The second-order valence-corrected chi connectivity index (χ2v) is 10.1. The maximum atomic E-state index is 13.0. The zero-order chi connectivity index (χ0) is 24.9. The van der Waals surface area contributed by atoms with Crippen molar-refractivity contribution in [2.75, 3.05) is 11.9 Å². The highest BCUT2D eigenvalue weighted by atomic mass is 32.1. The molecule has 1 atom stereocenters. The van der Waals surface area contributed by atoms with Crippen LogP contribution in [0.15, 0.2) is 78.9 Å². The minimum absolute atomic E-state index is 0.0592. The third kappa shape index (κ3) is 5.37. The molecule has 0 fully saturated rings. The predicted octanol–water partition coefficient (Wildman–Crippen LogP) is 5.68. The number of rotatable bonds is 8. The Kier molecular flexibility index (Phi) is 7.20. The number of hydrogen-bond donors (Lipinski definition) is 3. The minimum Gasteiger partial charge on any atom is -0.449 e. The second-order valence-electron chi connectivity index (χ2n) is 8.45. The molecule has 0 bridgehead atoms. The van der Waals surface area contributed by atoms with E-state index in [4.69, 9.17) is 17.0 Å². The summed E-state index contributed by atoms with van der Waals surface area (Å²) in [6.07, 6.45) is 0.370. The molecule has 1 aliphatic rings. The molecule has 0 aliphatic heterocycles. The van der Waals surface area contributed by atoms with Crippen LogP contribution in [0.1, 0.15) is 29.0 Å². The lowest BCUT2D eigenvalue weighted by molar-refractivity contribution is -0.118. The maximum absolute atomic E-state index is 13.0. The van der Waals surface area contributed by atoms with E-state index in [1.807, 2.05) is 54.6 Å². The zero-order valence-corrected chi connectivity index (χ0v) is 20.9. The lowest BCUT2D eigenvalue weighted by Gasteiger charge is -2.19. The Balaban J connectivity index is 1.26. The number of nitrogens with one attached hydrogen (secondary N) is 3. The van der Waals surface area contributed by atoms with E-state index >= 15 is 0 Å². The summed E-state index contributed by atoms with van der Waals surface area (Å²) in [4.78, 5) is 25.9. The van der Waals surface area contributed by atoms with Gasteiger partial charge in [0.25, 0.3) is 0 Å². The molecule has 5 rings (SSSR count). The van der Waals surface area contributed by atoms with Gasteiger partial charge in [0, 0.05) is 5.92 Å². The van der Waals surface area contributed by atoms with E-state index in [2.05, 4.69) is 45.1 Å². The van der Waals surface area contributed by atoms with Gasteiger partial charge >= 0.3 is 6.09 Å². The summed E-state index contributed by atoms with van der Waals surface area (Å²) in [7, 11) is 0. The number of carbonyl (C=O) groups is 2. The maximum Gasteiger partial charge on any atom is 0.407 e. The summed E-state index contributed by atoms with van der Waals surface area (Å²) in [6.45, 7) is 0.174. The van der Waals surface area contributed by atoms with Gasteiger partial charge in [0.15, 0.2) is 3.95 Å². The number of nitrogens with zero attached hydrogens (tertiary/aromatic N) is 1. The van der Waals surface area contributed by atoms with Crippen molar-refractivity contribution in [3.63, 3.8) is 0 Å². The highest BCUT2D eigenvalue weighted by molar-refractivity contribution is 7.73. The second kappa shape index (κ2) is 10.8. The SMILES string of the molecule is O=C(N[C@@H](CCc1ccccc1)C(=O)Nc1n[nH]c(=S)s1)OCC1c2ccccc2-c2ccccc21. The molecule has 0 unspecified atom stereocenters. The topological polar surface area (TPSA) is 96.1 Å². The van der Waals surface area contributed by atoms with Crippen LogP contribution in [0, 0.1) is 3.95 Å². The number of carbonyl (C=O) groups excluding carboxylic acids is 2. The predicted molar refractivity (Wildman–Crippen MR) is 143 cm³/mol. The number of amides is 2. The standard InChI is InChI=1S/C27H24N4O3S2/c32-24(29-25-30-31-27(35)36-25)23(15-14-17-8-2-1-3-9-17)28-26(33)34-16-22-20-12-6-4-10-18(20)19-11-5-7-13-21(19)22/h1-13,22-23H,14-16H2,(H,28,33)(H,31,35)(H,29,30,32)/t23-/m0/s1. The van der Waals surface area contributed by atoms with Gasteiger partial charge in [-0.05, 0) is 52.9 Å². The lowest BCUT2D eigenvalue weighted by Crippen LogP contribution is -2.44. The van der Waals surface area contributed by atoms with Gasteiger partial charge < -0.3 is 10.1 Å². The number of alkyl carbamates (subject to hydrolysis) is 1. The fraction of sp³-hybridized carbons (Fsp3) is 0.185. The first-order valence-corrected chi connectivity index (χ1v) is 12.8. The number of aryl methyl sites for hydroxylation is 1. The third-order valence-corrected chi connectivity index (χ3v) is 7.19. The lowest BCUT2D eigenvalue weighted by atomic mass is 9.98. The Morgan fingerprint density at radius 1 is 0.972 bits per heavy atom. The van der Waals surface area contributed by atoms with E-state index in [0.29, 0.717) is 21.9 Å². The van der Waals surface area contributed by atoms with E-state index in [-0.39, 0.29) is 18.4 Å². The molecule has 3 aromatic carbocycles. The van der Waals surface area contributed by atoms with Crippen LogP contribution in [0.5, 0.6) is 0 Å². The number of benzene rings is 3. The van der Waals surface area contributed by atoms with E-state index in [1.54, 1.807) is 0 Å². The van der Waals surface area contributed by atoms with Crippen molar-refractivity contribution in [2.45, 2.75) is 24.8 Å². The van der Waals surface area contributed by atoms with E-state index in [9.17, 15) is 9.59 Å². The van der Waals surface area contributed by atoms with Gasteiger partial charge in [-0.3, -0.25) is 15.2 Å². The van der Waals surface area contributed by atoms with Crippen molar-refractivity contribution in [1.29, 1.82) is 0 Å². The first-order chi connectivity index (χ1) is 17.6. The number of hydrogen-bond acceptors (Lipinski definition) is 6. The molecule has 2 amide bonds. The summed E-state index contributed by atoms with van der Waals surface area (Å²) >= 11 is 6.19. The van der Waals surface area contributed by atoms with Crippen molar-refractivity contribution >= 4 is 40.7 Å². The van der Waals surface area contributed by atoms with Gasteiger partial charge in [0.1, 0.15) is 12.6 Å². The Labute approximate surface area is 217 Å². The average Bonchev–Trinajstić information content (AvgIpc) is 3.46.